The Kier molecular flexibility index (Phi) is 27.7. The highest BCUT2D eigenvalue weighted by Gasteiger charge is 1.60. The molecular formula is C5H6Cl3N. The molecule has 0 bridgehead atoms. The fourth-order valence-electron chi connectivity index (χ4n) is 0. The molecule has 0 aromatic carbocycles. The third-order valence-electron chi connectivity index (χ3n) is 0.0913. The van der Waals surface area contributed by atoms with Crippen molar-refractivity contribution in [2.24, 2.45) is 0 Å². The lowest BCUT2D eigenvalue weighted by molar-refractivity contribution is 1.54. The molecule has 0 aromatic rings. The fourth-order valence-corrected chi connectivity index (χ4v) is 0. The zero-order chi connectivity index (χ0) is 6.99. The van der Waals surface area contributed by atoms with Crippen molar-refractivity contribution in [1.82, 2.24) is 0 Å². The van der Waals surface area contributed by atoms with Gasteiger partial charge in [-0.1, -0.05) is 36.4 Å². The monoisotopic (exact) mass is 185 g/mol. The van der Waals surface area contributed by atoms with Gasteiger partial charge in [-0.05, 0) is 0 Å². The normalized spacial score (nSPS) is 4.56. The molecule has 0 spiro atoms. The third-order valence-corrected chi connectivity index (χ3v) is 0.0913. The van der Waals surface area contributed by atoms with Crippen LogP contribution in [-0.4, -0.2) is 0 Å². The number of nitrogens with zero attached hydrogens (tertiary/aromatic N) is 1. The number of halogens is 3. The maximum absolute atomic E-state index is 7.51. The standard InChI is InChI=1S/C3H3N.C2H2Cl2.ClH/c1-2-3-4;1-2(3)4;/h2H,1H2;1H2;1H. The Bertz CT molecular complexity index is 110. The van der Waals surface area contributed by atoms with Crippen molar-refractivity contribution in [1.29, 1.82) is 5.26 Å². The molecule has 0 N–H and O–H groups in total. The van der Waals surface area contributed by atoms with Crippen LogP contribution in [0, 0.1) is 11.3 Å². The Morgan fingerprint density at radius 2 is 1.67 bits per heavy atom. The summed E-state index contributed by atoms with van der Waals surface area (Å²) in [5, 5.41) is 7.51. The molecule has 0 fully saturated rings. The highest BCUT2D eigenvalue weighted by Crippen LogP contribution is 1.98. The second-order valence-electron chi connectivity index (χ2n) is 0.672. The largest absolute Gasteiger partial charge is 0.193 e. The van der Waals surface area contributed by atoms with Crippen molar-refractivity contribution in [2.75, 3.05) is 0 Å². The first-order chi connectivity index (χ1) is 3.65. The van der Waals surface area contributed by atoms with E-state index in [0.29, 0.717) is 0 Å². The van der Waals surface area contributed by atoms with Gasteiger partial charge in [-0.3, -0.25) is 0 Å². The van der Waals surface area contributed by atoms with E-state index in [1.54, 1.807) is 6.07 Å². The van der Waals surface area contributed by atoms with Crippen LogP contribution in [0.25, 0.3) is 0 Å². The molecule has 4 heteroatoms. The Morgan fingerprint density at radius 3 is 1.67 bits per heavy atom. The maximum Gasteiger partial charge on any atom is 0.0992 e. The smallest absolute Gasteiger partial charge is 0.0992 e. The van der Waals surface area contributed by atoms with Crippen LogP contribution in [0.1, 0.15) is 0 Å². The fraction of sp³-hybridized carbons (Fsp3) is 0. The van der Waals surface area contributed by atoms with E-state index in [-0.39, 0.29) is 16.9 Å². The minimum Gasteiger partial charge on any atom is -0.193 e. The van der Waals surface area contributed by atoms with Gasteiger partial charge in [0.05, 0.1) is 10.6 Å². The molecule has 0 amide bonds. The molecular weight excluding hydrogens is 180 g/mol. The molecule has 0 aliphatic heterocycles. The van der Waals surface area contributed by atoms with Crippen molar-refractivity contribution in [3.8, 4) is 6.07 Å². The zero-order valence-electron chi connectivity index (χ0n) is 4.60. The molecule has 9 heavy (non-hydrogen) atoms. The van der Waals surface area contributed by atoms with Crippen LogP contribution in [0.15, 0.2) is 23.7 Å². The summed E-state index contributed by atoms with van der Waals surface area (Å²) in [6.07, 6.45) is 1.18. The Morgan fingerprint density at radius 1 is 1.56 bits per heavy atom. The summed E-state index contributed by atoms with van der Waals surface area (Å²) in [7, 11) is 0. The summed E-state index contributed by atoms with van der Waals surface area (Å²) in [6, 6.07) is 1.69. The summed E-state index contributed by atoms with van der Waals surface area (Å²) in [5.41, 5.74) is 0. The molecule has 0 aromatic heterocycles. The summed E-state index contributed by atoms with van der Waals surface area (Å²) in [5.74, 6) is 0. The van der Waals surface area contributed by atoms with Crippen molar-refractivity contribution in [3.05, 3.63) is 23.7 Å². The summed E-state index contributed by atoms with van der Waals surface area (Å²) >= 11 is 9.69. The van der Waals surface area contributed by atoms with Gasteiger partial charge in [0, 0.05) is 6.08 Å². The predicted molar refractivity (Wildman–Crippen MR) is 43.9 cm³/mol. The second kappa shape index (κ2) is 15.7. The van der Waals surface area contributed by atoms with Gasteiger partial charge in [0.1, 0.15) is 0 Å². The van der Waals surface area contributed by atoms with E-state index in [2.05, 4.69) is 13.2 Å². The molecule has 0 saturated heterocycles. The van der Waals surface area contributed by atoms with E-state index in [1.807, 2.05) is 0 Å². The van der Waals surface area contributed by atoms with E-state index >= 15 is 0 Å². The Labute approximate surface area is 71.0 Å². The van der Waals surface area contributed by atoms with E-state index in [4.69, 9.17) is 28.5 Å². The Balaban J connectivity index is -0.0000000720. The van der Waals surface area contributed by atoms with Crippen LogP contribution in [0.2, 0.25) is 0 Å². The van der Waals surface area contributed by atoms with Crippen LogP contribution < -0.4 is 0 Å². The highest BCUT2D eigenvalue weighted by molar-refractivity contribution is 6.55. The quantitative estimate of drug-likeness (QED) is 0.534. The maximum atomic E-state index is 7.51. The van der Waals surface area contributed by atoms with E-state index in [0.717, 1.165) is 0 Å². The highest BCUT2D eigenvalue weighted by atomic mass is 35.5. The van der Waals surface area contributed by atoms with Gasteiger partial charge in [0.25, 0.3) is 0 Å². The lowest BCUT2D eigenvalue weighted by Gasteiger charge is -1.57. The topological polar surface area (TPSA) is 23.8 Å². The molecule has 0 aliphatic rings. The molecule has 0 heterocycles. The van der Waals surface area contributed by atoms with Crippen molar-refractivity contribution in [3.63, 3.8) is 0 Å². The number of hydrogen-bond donors (Lipinski definition) is 0. The van der Waals surface area contributed by atoms with Gasteiger partial charge in [0.15, 0.2) is 0 Å². The average molecular weight is 186 g/mol. The van der Waals surface area contributed by atoms with Gasteiger partial charge < -0.3 is 0 Å². The van der Waals surface area contributed by atoms with Crippen LogP contribution >= 0.6 is 35.6 Å². The lowest BCUT2D eigenvalue weighted by atomic mass is 10.8. The van der Waals surface area contributed by atoms with Gasteiger partial charge >= 0.3 is 0 Å². The first kappa shape index (κ1) is 15.9. The molecule has 0 aliphatic carbocycles. The number of allylic oxidation sites excluding steroid dienone is 1. The second-order valence-corrected chi connectivity index (χ2v) is 1.78. The molecule has 0 saturated carbocycles. The van der Waals surface area contributed by atoms with E-state index in [9.17, 15) is 0 Å². The minimum atomic E-state index is 0. The first-order valence-corrected chi connectivity index (χ1v) is 2.41. The molecule has 52 valence electrons. The number of nitriles is 1. The van der Waals surface area contributed by atoms with E-state index in [1.165, 1.54) is 6.08 Å². The van der Waals surface area contributed by atoms with Gasteiger partial charge in [-0.15, -0.1) is 12.4 Å². The molecule has 1 nitrogen and oxygen atoms in total. The van der Waals surface area contributed by atoms with Crippen molar-refractivity contribution >= 4 is 35.6 Å². The molecule has 0 unspecified atom stereocenters. The van der Waals surface area contributed by atoms with Crippen molar-refractivity contribution < 1.29 is 0 Å². The van der Waals surface area contributed by atoms with Gasteiger partial charge in [-0.25, -0.2) is 0 Å². The zero-order valence-corrected chi connectivity index (χ0v) is 6.93. The summed E-state index contributed by atoms with van der Waals surface area (Å²) in [4.78, 5) is 0. The van der Waals surface area contributed by atoms with Crippen LogP contribution in [0.3, 0.4) is 0 Å². The minimum absolute atomic E-state index is 0. The first-order valence-electron chi connectivity index (χ1n) is 1.65. The SMILES string of the molecule is C=C(Cl)Cl.C=CC#N.Cl. The average Bonchev–Trinajstić information content (AvgIpc) is 1.65. The van der Waals surface area contributed by atoms with E-state index < -0.39 is 0 Å². The lowest BCUT2D eigenvalue weighted by Crippen LogP contribution is -1.24. The molecule has 0 rings (SSSR count). The van der Waals surface area contributed by atoms with Crippen LogP contribution in [0.5, 0.6) is 0 Å². The predicted octanol–water partition coefficient (Wildman–Crippen LogP) is 3.05. The number of hydrogen-bond acceptors (Lipinski definition) is 1. The number of rotatable bonds is 0. The van der Waals surface area contributed by atoms with Gasteiger partial charge in [-0.2, -0.15) is 5.26 Å². The van der Waals surface area contributed by atoms with Crippen LogP contribution in [-0.2, 0) is 0 Å². The summed E-state index contributed by atoms with van der Waals surface area (Å²) in [6.45, 7) is 6.20. The molecule has 0 atom stereocenters. The van der Waals surface area contributed by atoms with Gasteiger partial charge in [0.2, 0.25) is 0 Å². The molecule has 0 radical (unpaired) electrons. The van der Waals surface area contributed by atoms with Crippen molar-refractivity contribution in [2.45, 2.75) is 0 Å². The third kappa shape index (κ3) is 379. The van der Waals surface area contributed by atoms with Crippen LogP contribution in [0.4, 0.5) is 0 Å². The Hall–Kier alpha value is -0.160. The summed E-state index contributed by atoms with van der Waals surface area (Å²) < 4.78 is 0.111.